The second-order valence-electron chi connectivity index (χ2n) is 9.98. The normalized spacial score (nSPS) is 17.1. The molecule has 2 atom stereocenters. The molecule has 1 aliphatic rings. The minimum absolute atomic E-state index is 0.0509. The fraction of sp³-hybridized carbons (Fsp3) is 0.321. The molecular weight excluding hydrogens is 623 g/mol. The number of aryl methyl sites for hydroxylation is 2. The summed E-state index contributed by atoms with van der Waals surface area (Å²) < 4.78 is 167. The van der Waals surface area contributed by atoms with Crippen LogP contribution in [0.1, 0.15) is 46.6 Å². The van der Waals surface area contributed by atoms with Gasteiger partial charge in [0.05, 0.1) is 34.0 Å². The lowest BCUT2D eigenvalue weighted by molar-refractivity contribution is -0.144. The molecule has 15 heteroatoms. The quantitative estimate of drug-likeness (QED) is 0.200. The van der Waals surface area contributed by atoms with Crippen molar-refractivity contribution in [1.82, 2.24) is 9.78 Å². The summed E-state index contributed by atoms with van der Waals surface area (Å²) in [5.74, 6) is -0.850. The number of alkyl halides is 12. The summed E-state index contributed by atoms with van der Waals surface area (Å²) in [5, 5.41) is 2.96. The first-order chi connectivity index (χ1) is 19.6. The van der Waals surface area contributed by atoms with E-state index in [2.05, 4.69) is 5.10 Å². The van der Waals surface area contributed by atoms with E-state index in [-0.39, 0.29) is 17.4 Å². The van der Waals surface area contributed by atoms with Gasteiger partial charge in [0.2, 0.25) is 0 Å². The number of hydrogen-bond acceptors (Lipinski definition) is 1. The molecule has 3 aromatic rings. The molecule has 43 heavy (non-hydrogen) atoms. The summed E-state index contributed by atoms with van der Waals surface area (Å²) >= 11 is 0. The molecule has 1 aromatic heterocycles. The SMILES string of the molecule is Cc1cc(C)n([C@@H](C)C2C=CC=C2P(c2cc(C(F)(F)F)cc(C(F)(F)F)c2)c2cc(C(F)(F)F)cc(C(F)(F)F)c2)n1. The number of nitrogens with zero attached hydrogens (tertiary/aromatic N) is 2. The Morgan fingerprint density at radius 2 is 1.05 bits per heavy atom. The fourth-order valence-corrected chi connectivity index (χ4v) is 7.71. The highest BCUT2D eigenvalue weighted by Gasteiger charge is 2.42. The molecule has 0 spiro atoms. The van der Waals surface area contributed by atoms with Crippen LogP contribution in [0.25, 0.3) is 0 Å². The number of aromatic nitrogens is 2. The molecule has 2 nitrogen and oxygen atoms in total. The predicted molar refractivity (Wildman–Crippen MR) is 136 cm³/mol. The van der Waals surface area contributed by atoms with Crippen LogP contribution in [0, 0.1) is 19.8 Å². The Morgan fingerprint density at radius 3 is 1.37 bits per heavy atom. The van der Waals surface area contributed by atoms with Crippen LogP contribution >= 0.6 is 7.92 Å². The van der Waals surface area contributed by atoms with Crippen molar-refractivity contribution in [2.75, 3.05) is 0 Å². The van der Waals surface area contributed by atoms with Gasteiger partial charge in [0.1, 0.15) is 0 Å². The van der Waals surface area contributed by atoms with E-state index < -0.39 is 77.4 Å². The van der Waals surface area contributed by atoms with Gasteiger partial charge in [-0.1, -0.05) is 18.2 Å². The first kappa shape index (κ1) is 32.6. The van der Waals surface area contributed by atoms with Crippen LogP contribution in [0.2, 0.25) is 0 Å². The van der Waals surface area contributed by atoms with Crippen LogP contribution in [0.4, 0.5) is 52.7 Å². The molecule has 0 amide bonds. The lowest BCUT2D eigenvalue weighted by Crippen LogP contribution is -2.25. The van der Waals surface area contributed by atoms with Crippen molar-refractivity contribution in [1.29, 1.82) is 0 Å². The molecule has 2 aromatic carbocycles. The van der Waals surface area contributed by atoms with Crippen molar-refractivity contribution in [2.24, 2.45) is 5.92 Å². The lowest BCUT2D eigenvalue weighted by Gasteiger charge is -2.31. The highest BCUT2D eigenvalue weighted by atomic mass is 31.1. The highest BCUT2D eigenvalue weighted by Crippen LogP contribution is 2.54. The van der Waals surface area contributed by atoms with Crippen LogP contribution in [0.3, 0.4) is 0 Å². The van der Waals surface area contributed by atoms with E-state index in [4.69, 9.17) is 0 Å². The van der Waals surface area contributed by atoms with E-state index >= 15 is 0 Å². The van der Waals surface area contributed by atoms with E-state index in [1.54, 1.807) is 26.8 Å². The number of allylic oxidation sites excluding steroid dienone is 4. The number of benzene rings is 2. The van der Waals surface area contributed by atoms with Gasteiger partial charge in [-0.3, -0.25) is 4.68 Å². The smallest absolute Gasteiger partial charge is 0.266 e. The summed E-state index contributed by atoms with van der Waals surface area (Å²) in [5.41, 5.74) is -5.78. The molecule has 0 radical (unpaired) electrons. The average molecular weight is 644 g/mol. The molecule has 0 saturated heterocycles. The maximum absolute atomic E-state index is 13.8. The third kappa shape index (κ3) is 6.94. The molecule has 4 rings (SSSR count). The zero-order chi connectivity index (χ0) is 32.3. The molecular formula is C28H21F12N2P. The van der Waals surface area contributed by atoms with Crippen LogP contribution in [0.5, 0.6) is 0 Å². The van der Waals surface area contributed by atoms with Gasteiger partial charge in [-0.2, -0.15) is 57.8 Å². The molecule has 0 bridgehead atoms. The summed E-state index contributed by atoms with van der Waals surface area (Å²) in [6, 6.07) is 2.12. The van der Waals surface area contributed by atoms with Crippen LogP contribution in [-0.4, -0.2) is 9.78 Å². The second kappa shape index (κ2) is 11.0. The van der Waals surface area contributed by atoms with E-state index in [9.17, 15) is 52.7 Å². The van der Waals surface area contributed by atoms with Crippen molar-refractivity contribution in [3.05, 3.63) is 99.6 Å². The van der Waals surface area contributed by atoms with Gasteiger partial charge < -0.3 is 0 Å². The molecule has 1 aliphatic carbocycles. The Bertz CT molecular complexity index is 1430. The summed E-state index contributed by atoms with van der Waals surface area (Å²) in [7, 11) is -2.81. The summed E-state index contributed by atoms with van der Waals surface area (Å²) in [4.78, 5) is 0. The van der Waals surface area contributed by atoms with Crippen LogP contribution in [-0.2, 0) is 24.7 Å². The van der Waals surface area contributed by atoms with Gasteiger partial charge >= 0.3 is 24.7 Å². The molecule has 0 saturated carbocycles. The van der Waals surface area contributed by atoms with E-state index in [1.165, 1.54) is 22.9 Å². The first-order valence-electron chi connectivity index (χ1n) is 12.4. The zero-order valence-electron chi connectivity index (χ0n) is 22.3. The maximum atomic E-state index is 13.8. The van der Waals surface area contributed by atoms with Crippen molar-refractivity contribution < 1.29 is 52.7 Å². The fourth-order valence-electron chi connectivity index (χ4n) is 4.91. The van der Waals surface area contributed by atoms with Crippen molar-refractivity contribution in [3.8, 4) is 0 Å². The van der Waals surface area contributed by atoms with Gasteiger partial charge in [0.15, 0.2) is 0 Å². The number of halogens is 12. The molecule has 1 heterocycles. The largest absolute Gasteiger partial charge is 0.416 e. The summed E-state index contributed by atoms with van der Waals surface area (Å²) in [6.07, 6.45) is -17.0. The molecule has 0 N–H and O–H groups in total. The Hall–Kier alpha value is -3.28. The van der Waals surface area contributed by atoms with Gasteiger partial charge in [-0.25, -0.2) is 0 Å². The Kier molecular flexibility index (Phi) is 8.36. The third-order valence-corrected chi connectivity index (χ3v) is 9.31. The highest BCUT2D eigenvalue weighted by molar-refractivity contribution is 7.76. The van der Waals surface area contributed by atoms with Gasteiger partial charge in [0.25, 0.3) is 0 Å². The average Bonchev–Trinajstić information content (AvgIpc) is 3.47. The molecule has 1 unspecified atom stereocenters. The van der Waals surface area contributed by atoms with Gasteiger partial charge in [-0.15, -0.1) is 0 Å². The Morgan fingerprint density at radius 1 is 0.651 bits per heavy atom. The molecule has 0 aliphatic heterocycles. The van der Waals surface area contributed by atoms with Gasteiger partial charge in [0, 0.05) is 11.6 Å². The Balaban J connectivity index is 2.04. The van der Waals surface area contributed by atoms with Crippen molar-refractivity contribution in [2.45, 2.75) is 51.5 Å². The third-order valence-electron chi connectivity index (χ3n) is 6.80. The van der Waals surface area contributed by atoms with Crippen LogP contribution in [0.15, 0.2) is 66.0 Å². The van der Waals surface area contributed by atoms with E-state index in [1.807, 2.05) is 0 Å². The molecule has 0 fully saturated rings. The van der Waals surface area contributed by atoms with Gasteiger partial charge in [-0.05, 0) is 87.1 Å². The second-order valence-corrected chi connectivity index (χ2v) is 12.2. The van der Waals surface area contributed by atoms with Crippen molar-refractivity contribution >= 4 is 18.5 Å². The van der Waals surface area contributed by atoms with Crippen molar-refractivity contribution in [3.63, 3.8) is 0 Å². The maximum Gasteiger partial charge on any atom is 0.416 e. The first-order valence-corrected chi connectivity index (χ1v) is 13.7. The summed E-state index contributed by atoms with van der Waals surface area (Å²) in [6.45, 7) is 4.99. The lowest BCUT2D eigenvalue weighted by atomic mass is 10.0. The Labute approximate surface area is 238 Å². The minimum Gasteiger partial charge on any atom is -0.266 e. The monoisotopic (exact) mass is 644 g/mol. The van der Waals surface area contributed by atoms with Crippen LogP contribution < -0.4 is 10.6 Å². The van der Waals surface area contributed by atoms with E-state index in [0.29, 0.717) is 35.7 Å². The zero-order valence-corrected chi connectivity index (χ0v) is 23.2. The topological polar surface area (TPSA) is 17.8 Å². The molecule has 232 valence electrons. The van der Waals surface area contributed by atoms with E-state index in [0.717, 1.165) is 0 Å². The predicted octanol–water partition coefficient (Wildman–Crippen LogP) is 9.34. The number of hydrogen-bond donors (Lipinski definition) is 0. The minimum atomic E-state index is -5.30. The number of rotatable bonds is 5. The standard InChI is InChI=1S/C28H21F12N2P/c1-14-7-15(2)42(41-14)16(3)23-5-4-6-24(23)43(21-10-17(25(29,30)31)8-18(11-21)26(32,33)34)22-12-19(27(35,36)37)9-20(13-22)28(38,39)40/h4-13,16,23H,1-3H3/t16-,23?/m0/s1.